The Balaban J connectivity index is 0.00000289. The van der Waals surface area contributed by atoms with Crippen LogP contribution in [0.25, 0.3) is 0 Å². The Morgan fingerprint density at radius 3 is 2.66 bits per heavy atom. The molecule has 2 heterocycles. The Kier molecular flexibility index (Phi) is 9.77. The SMILES string of the molecule is CCNC(=NCC1CCC(c2ccccc2)CC1)NC1CCc2nc(COC)nn2C1.I. The molecular weight excluding hydrogens is 515 g/mol. The van der Waals surface area contributed by atoms with Gasteiger partial charge in [-0.25, -0.2) is 9.67 Å². The fourth-order valence-corrected chi connectivity index (χ4v) is 4.81. The molecule has 1 aliphatic heterocycles. The minimum atomic E-state index is 0. The molecular formula is C24H37IN6O. The molecule has 2 aromatic rings. The zero-order valence-corrected chi connectivity index (χ0v) is 21.6. The summed E-state index contributed by atoms with van der Waals surface area (Å²) in [5.74, 6) is 4.15. The first-order chi connectivity index (χ1) is 15.2. The van der Waals surface area contributed by atoms with E-state index in [9.17, 15) is 0 Å². The highest BCUT2D eigenvalue weighted by molar-refractivity contribution is 14.0. The average molecular weight is 553 g/mol. The fourth-order valence-electron chi connectivity index (χ4n) is 4.81. The Morgan fingerprint density at radius 1 is 1.16 bits per heavy atom. The molecule has 0 amide bonds. The average Bonchev–Trinajstić information content (AvgIpc) is 3.20. The summed E-state index contributed by atoms with van der Waals surface area (Å²) >= 11 is 0. The summed E-state index contributed by atoms with van der Waals surface area (Å²) in [5.41, 5.74) is 1.50. The van der Waals surface area contributed by atoms with E-state index < -0.39 is 0 Å². The van der Waals surface area contributed by atoms with Crippen molar-refractivity contribution in [3.05, 3.63) is 47.5 Å². The summed E-state index contributed by atoms with van der Waals surface area (Å²) in [5, 5.41) is 11.6. The molecule has 0 radical (unpaired) electrons. The molecule has 1 aromatic carbocycles. The van der Waals surface area contributed by atoms with Gasteiger partial charge in [-0.3, -0.25) is 4.99 Å². The maximum atomic E-state index is 5.17. The summed E-state index contributed by atoms with van der Waals surface area (Å²) in [7, 11) is 1.68. The van der Waals surface area contributed by atoms with Gasteiger partial charge in [0.25, 0.3) is 0 Å². The summed E-state index contributed by atoms with van der Waals surface area (Å²) in [6.07, 6.45) is 7.04. The number of methoxy groups -OCH3 is 1. The van der Waals surface area contributed by atoms with Crippen molar-refractivity contribution in [2.75, 3.05) is 20.2 Å². The van der Waals surface area contributed by atoms with Gasteiger partial charge in [-0.1, -0.05) is 30.3 Å². The highest BCUT2D eigenvalue weighted by Gasteiger charge is 2.24. The van der Waals surface area contributed by atoms with Crippen molar-refractivity contribution in [2.24, 2.45) is 10.9 Å². The van der Waals surface area contributed by atoms with E-state index in [1.165, 1.54) is 31.2 Å². The largest absolute Gasteiger partial charge is 0.377 e. The normalized spacial score (nSPS) is 23.2. The van der Waals surface area contributed by atoms with Crippen LogP contribution in [0.1, 0.15) is 62.2 Å². The molecule has 8 heteroatoms. The number of aliphatic imine (C=N–C) groups is 1. The standard InChI is InChI=1S/C24H36N6O.HI/c1-3-25-24(27-21-13-14-23-28-22(17-31-2)29-30(23)16-21)26-15-18-9-11-20(12-10-18)19-7-5-4-6-8-19;/h4-8,18,20-21H,3,9-17H2,1-2H3,(H2,25,26,27);1H. The number of benzene rings is 1. The molecule has 1 fully saturated rings. The number of hydrogen-bond acceptors (Lipinski definition) is 4. The number of hydrogen-bond donors (Lipinski definition) is 2. The number of rotatable bonds is 7. The van der Waals surface area contributed by atoms with Crippen LogP contribution < -0.4 is 10.6 Å². The predicted molar refractivity (Wildman–Crippen MR) is 139 cm³/mol. The van der Waals surface area contributed by atoms with Crippen LogP contribution in [0.5, 0.6) is 0 Å². The van der Waals surface area contributed by atoms with Gasteiger partial charge >= 0.3 is 0 Å². The van der Waals surface area contributed by atoms with E-state index in [4.69, 9.17) is 9.73 Å². The predicted octanol–water partition coefficient (Wildman–Crippen LogP) is 3.89. The minimum absolute atomic E-state index is 0. The van der Waals surface area contributed by atoms with Gasteiger partial charge < -0.3 is 15.4 Å². The van der Waals surface area contributed by atoms with Gasteiger partial charge in [0.1, 0.15) is 12.4 Å². The van der Waals surface area contributed by atoms with E-state index in [1.54, 1.807) is 7.11 Å². The summed E-state index contributed by atoms with van der Waals surface area (Å²) in [4.78, 5) is 9.52. The van der Waals surface area contributed by atoms with Crippen molar-refractivity contribution in [1.29, 1.82) is 0 Å². The molecule has 176 valence electrons. The van der Waals surface area contributed by atoms with Gasteiger partial charge in [0.15, 0.2) is 11.8 Å². The van der Waals surface area contributed by atoms with Crippen LogP contribution in [0, 0.1) is 5.92 Å². The molecule has 32 heavy (non-hydrogen) atoms. The zero-order valence-electron chi connectivity index (χ0n) is 19.3. The lowest BCUT2D eigenvalue weighted by Gasteiger charge is -2.29. The van der Waals surface area contributed by atoms with Gasteiger partial charge in [0, 0.05) is 32.7 Å². The fraction of sp³-hybridized carbons (Fsp3) is 0.625. The number of ether oxygens (including phenoxy) is 1. The van der Waals surface area contributed by atoms with Crippen LogP contribution in [-0.4, -0.2) is 47.0 Å². The summed E-state index contributed by atoms with van der Waals surface area (Å²) < 4.78 is 7.18. The van der Waals surface area contributed by atoms with Gasteiger partial charge in [-0.05, 0) is 56.4 Å². The first-order valence-corrected chi connectivity index (χ1v) is 11.8. The Hall–Kier alpha value is -1.68. The Bertz CT molecular complexity index is 847. The highest BCUT2D eigenvalue weighted by atomic mass is 127. The van der Waals surface area contributed by atoms with Crippen molar-refractivity contribution in [2.45, 2.75) is 70.6 Å². The van der Waals surface area contributed by atoms with Crippen LogP contribution in [0.4, 0.5) is 0 Å². The van der Waals surface area contributed by atoms with E-state index in [2.05, 4.69) is 58.0 Å². The molecule has 4 rings (SSSR count). The quantitative estimate of drug-likeness (QED) is 0.310. The molecule has 7 nitrogen and oxygen atoms in total. The number of fused-ring (bicyclic) bond motifs is 1. The van der Waals surface area contributed by atoms with E-state index >= 15 is 0 Å². The van der Waals surface area contributed by atoms with Crippen LogP contribution in [0.15, 0.2) is 35.3 Å². The number of aryl methyl sites for hydroxylation is 1. The second kappa shape index (κ2) is 12.5. The molecule has 0 bridgehead atoms. The molecule has 2 N–H and O–H groups in total. The smallest absolute Gasteiger partial charge is 0.191 e. The van der Waals surface area contributed by atoms with E-state index in [1.807, 2.05) is 4.68 Å². The maximum absolute atomic E-state index is 5.17. The molecule has 1 aromatic heterocycles. The number of guanidine groups is 1. The van der Waals surface area contributed by atoms with Crippen molar-refractivity contribution in [1.82, 2.24) is 25.4 Å². The second-order valence-electron chi connectivity index (χ2n) is 8.79. The second-order valence-corrected chi connectivity index (χ2v) is 8.79. The first-order valence-electron chi connectivity index (χ1n) is 11.8. The first kappa shape index (κ1) is 25.0. The third kappa shape index (κ3) is 6.66. The molecule has 1 aliphatic carbocycles. The van der Waals surface area contributed by atoms with Crippen LogP contribution >= 0.6 is 24.0 Å². The third-order valence-electron chi connectivity index (χ3n) is 6.49. The molecule has 1 unspecified atom stereocenters. The van der Waals surface area contributed by atoms with Gasteiger partial charge in [-0.15, -0.1) is 24.0 Å². The molecule has 1 atom stereocenters. The van der Waals surface area contributed by atoms with Gasteiger partial charge in [0.2, 0.25) is 0 Å². The monoisotopic (exact) mass is 552 g/mol. The van der Waals surface area contributed by atoms with Crippen molar-refractivity contribution >= 4 is 29.9 Å². The lowest BCUT2D eigenvalue weighted by Crippen LogP contribution is -2.47. The van der Waals surface area contributed by atoms with Crippen molar-refractivity contribution in [3.63, 3.8) is 0 Å². The molecule has 2 aliphatic rings. The lowest BCUT2D eigenvalue weighted by molar-refractivity contribution is 0.177. The number of halogens is 1. The minimum Gasteiger partial charge on any atom is -0.377 e. The molecule has 1 saturated carbocycles. The topological polar surface area (TPSA) is 76.4 Å². The van der Waals surface area contributed by atoms with Crippen LogP contribution in [-0.2, 0) is 24.3 Å². The van der Waals surface area contributed by atoms with E-state index in [-0.39, 0.29) is 24.0 Å². The molecule has 0 spiro atoms. The number of aromatic nitrogens is 3. The van der Waals surface area contributed by atoms with Crippen molar-refractivity contribution < 1.29 is 4.74 Å². The summed E-state index contributed by atoms with van der Waals surface area (Å²) in [6, 6.07) is 11.3. The van der Waals surface area contributed by atoms with Crippen LogP contribution in [0.3, 0.4) is 0 Å². The zero-order chi connectivity index (χ0) is 21.5. The third-order valence-corrected chi connectivity index (χ3v) is 6.49. The Morgan fingerprint density at radius 2 is 1.94 bits per heavy atom. The van der Waals surface area contributed by atoms with Gasteiger partial charge in [0.05, 0.1) is 6.54 Å². The van der Waals surface area contributed by atoms with Crippen molar-refractivity contribution in [3.8, 4) is 0 Å². The maximum Gasteiger partial charge on any atom is 0.191 e. The van der Waals surface area contributed by atoms with Crippen LogP contribution in [0.2, 0.25) is 0 Å². The van der Waals surface area contributed by atoms with Gasteiger partial charge in [-0.2, -0.15) is 5.10 Å². The Labute approximate surface area is 208 Å². The highest BCUT2D eigenvalue weighted by Crippen LogP contribution is 2.35. The summed E-state index contributed by atoms with van der Waals surface area (Å²) in [6.45, 7) is 5.17. The number of nitrogens with one attached hydrogen (secondary N) is 2. The lowest BCUT2D eigenvalue weighted by atomic mass is 9.79. The van der Waals surface area contributed by atoms with E-state index in [0.717, 1.165) is 56.0 Å². The number of nitrogens with zero attached hydrogens (tertiary/aromatic N) is 4. The molecule has 0 saturated heterocycles. The van der Waals surface area contributed by atoms with E-state index in [0.29, 0.717) is 18.6 Å².